The van der Waals surface area contributed by atoms with Gasteiger partial charge in [0.2, 0.25) is 0 Å². The lowest BCUT2D eigenvalue weighted by Gasteiger charge is -2.18. The molecule has 2 atom stereocenters. The number of nitrogens with two attached hydrogens (primary N) is 1. The molecule has 2 nitrogen and oxygen atoms in total. The molecule has 1 fully saturated rings. The van der Waals surface area contributed by atoms with Crippen LogP contribution in [-0.2, 0) is 10.8 Å². The third-order valence-corrected chi connectivity index (χ3v) is 5.92. The Morgan fingerprint density at radius 2 is 2.00 bits per heavy atom. The van der Waals surface area contributed by atoms with E-state index < -0.39 is 10.8 Å². The van der Waals surface area contributed by atoms with Crippen LogP contribution < -0.4 is 5.73 Å². The Morgan fingerprint density at radius 3 is 2.65 bits per heavy atom. The largest absolute Gasteiger partial charge is 0.327 e. The van der Waals surface area contributed by atoms with Gasteiger partial charge in [0.1, 0.15) is 0 Å². The van der Waals surface area contributed by atoms with Gasteiger partial charge in [-0.2, -0.15) is 0 Å². The topological polar surface area (TPSA) is 43.1 Å². The smallest absolute Gasteiger partial charge is 0.0556 e. The molecule has 0 saturated heterocycles. The molecule has 1 aromatic carbocycles. The standard InChI is InChI=1S/C13H18BrNOS/c14-11-7-3-4-8-13(11)17(16)9-12(15)10-5-1-2-6-10/h3-4,7-8,10,12H,1-2,5-6,9,15H2. The second-order valence-corrected chi connectivity index (χ2v) is 6.97. The molecular formula is C13H18BrNOS. The average molecular weight is 316 g/mol. The number of benzene rings is 1. The molecule has 1 saturated carbocycles. The van der Waals surface area contributed by atoms with Crippen LogP contribution in [0.5, 0.6) is 0 Å². The molecule has 2 unspecified atom stereocenters. The second-order valence-electron chi connectivity index (χ2n) is 4.65. The van der Waals surface area contributed by atoms with E-state index in [4.69, 9.17) is 5.73 Å². The summed E-state index contributed by atoms with van der Waals surface area (Å²) in [7, 11) is -0.993. The highest BCUT2D eigenvalue weighted by Gasteiger charge is 2.24. The first-order valence-corrected chi connectivity index (χ1v) is 8.18. The van der Waals surface area contributed by atoms with Crippen molar-refractivity contribution in [2.24, 2.45) is 11.7 Å². The predicted molar refractivity (Wildman–Crippen MR) is 75.4 cm³/mol. The maximum absolute atomic E-state index is 12.2. The molecule has 0 bridgehead atoms. The van der Waals surface area contributed by atoms with Crippen molar-refractivity contribution >= 4 is 26.7 Å². The molecule has 0 heterocycles. The number of rotatable bonds is 4. The quantitative estimate of drug-likeness (QED) is 0.928. The summed E-state index contributed by atoms with van der Waals surface area (Å²) in [6.07, 6.45) is 4.96. The summed E-state index contributed by atoms with van der Waals surface area (Å²) < 4.78 is 13.1. The van der Waals surface area contributed by atoms with E-state index in [0.717, 1.165) is 9.37 Å². The minimum absolute atomic E-state index is 0.0745. The van der Waals surface area contributed by atoms with Crippen molar-refractivity contribution < 1.29 is 4.21 Å². The summed E-state index contributed by atoms with van der Waals surface area (Å²) in [4.78, 5) is 0.862. The molecule has 0 amide bonds. The predicted octanol–water partition coefficient (Wildman–Crippen LogP) is 3.07. The van der Waals surface area contributed by atoms with Crippen LogP contribution in [0, 0.1) is 5.92 Å². The molecule has 1 aliphatic rings. The third-order valence-electron chi connectivity index (χ3n) is 3.43. The highest BCUT2D eigenvalue weighted by Crippen LogP contribution is 2.28. The lowest BCUT2D eigenvalue weighted by molar-refractivity contribution is 0.460. The summed E-state index contributed by atoms with van der Waals surface area (Å²) >= 11 is 3.44. The molecule has 0 spiro atoms. The van der Waals surface area contributed by atoms with E-state index in [1.165, 1.54) is 25.7 Å². The first-order valence-electron chi connectivity index (χ1n) is 6.07. The Hall–Kier alpha value is -0.190. The summed E-state index contributed by atoms with van der Waals surface area (Å²) in [5.74, 6) is 1.15. The van der Waals surface area contributed by atoms with Gasteiger partial charge in [-0.1, -0.05) is 25.0 Å². The monoisotopic (exact) mass is 315 g/mol. The molecule has 1 aromatic rings. The summed E-state index contributed by atoms with van der Waals surface area (Å²) in [5.41, 5.74) is 6.16. The zero-order chi connectivity index (χ0) is 12.3. The zero-order valence-electron chi connectivity index (χ0n) is 9.77. The Labute approximate surface area is 114 Å². The Bertz CT molecular complexity index is 404. The molecule has 17 heavy (non-hydrogen) atoms. The Balaban J connectivity index is 1.99. The molecule has 0 aliphatic heterocycles. The molecule has 94 valence electrons. The average Bonchev–Trinajstić information content (AvgIpc) is 2.82. The van der Waals surface area contributed by atoms with Gasteiger partial charge in [0.25, 0.3) is 0 Å². The summed E-state index contributed by atoms with van der Waals surface area (Å²) in [5, 5.41) is 0. The van der Waals surface area contributed by atoms with E-state index in [1.54, 1.807) is 0 Å². The van der Waals surface area contributed by atoms with Gasteiger partial charge in [0.05, 0.1) is 15.7 Å². The highest BCUT2D eigenvalue weighted by atomic mass is 79.9. The van der Waals surface area contributed by atoms with Crippen LogP contribution >= 0.6 is 15.9 Å². The maximum atomic E-state index is 12.2. The number of halogens is 1. The van der Waals surface area contributed by atoms with Crippen molar-refractivity contribution in [3.8, 4) is 0 Å². The minimum atomic E-state index is -0.993. The van der Waals surface area contributed by atoms with Crippen LogP contribution in [-0.4, -0.2) is 16.0 Å². The fourth-order valence-electron chi connectivity index (χ4n) is 2.42. The van der Waals surface area contributed by atoms with E-state index >= 15 is 0 Å². The Kier molecular flexibility index (Phi) is 4.77. The minimum Gasteiger partial charge on any atom is -0.327 e. The molecular weight excluding hydrogens is 298 g/mol. The van der Waals surface area contributed by atoms with Crippen LogP contribution in [0.3, 0.4) is 0 Å². The van der Waals surface area contributed by atoms with Crippen molar-refractivity contribution in [2.45, 2.75) is 36.6 Å². The molecule has 0 aromatic heterocycles. The van der Waals surface area contributed by atoms with Crippen LogP contribution in [0.25, 0.3) is 0 Å². The van der Waals surface area contributed by atoms with Gasteiger partial charge in [0, 0.05) is 16.3 Å². The van der Waals surface area contributed by atoms with Crippen LogP contribution in [0.2, 0.25) is 0 Å². The lowest BCUT2D eigenvalue weighted by Crippen LogP contribution is -2.34. The zero-order valence-corrected chi connectivity index (χ0v) is 12.2. The highest BCUT2D eigenvalue weighted by molar-refractivity contribution is 9.10. The van der Waals surface area contributed by atoms with Crippen molar-refractivity contribution in [2.75, 3.05) is 5.75 Å². The number of hydrogen-bond donors (Lipinski definition) is 1. The van der Waals surface area contributed by atoms with Gasteiger partial charge in [-0.15, -0.1) is 0 Å². The van der Waals surface area contributed by atoms with Gasteiger partial charge < -0.3 is 5.73 Å². The molecule has 1 aliphatic carbocycles. The molecule has 0 radical (unpaired) electrons. The lowest BCUT2D eigenvalue weighted by atomic mass is 10.0. The molecule has 2 rings (SSSR count). The second kappa shape index (κ2) is 6.12. The SMILES string of the molecule is NC(CS(=O)c1ccccc1Br)C1CCCC1. The maximum Gasteiger partial charge on any atom is 0.0556 e. The van der Waals surface area contributed by atoms with Crippen LogP contribution in [0.15, 0.2) is 33.6 Å². The van der Waals surface area contributed by atoms with Crippen molar-refractivity contribution in [1.82, 2.24) is 0 Å². The fourth-order valence-corrected chi connectivity index (χ4v) is 4.56. The number of hydrogen-bond acceptors (Lipinski definition) is 2. The van der Waals surface area contributed by atoms with Crippen LogP contribution in [0.4, 0.5) is 0 Å². The van der Waals surface area contributed by atoms with Gasteiger partial charge in [-0.3, -0.25) is 4.21 Å². The fraction of sp³-hybridized carbons (Fsp3) is 0.538. The third kappa shape index (κ3) is 3.39. The van der Waals surface area contributed by atoms with Crippen molar-refractivity contribution in [3.63, 3.8) is 0 Å². The van der Waals surface area contributed by atoms with Gasteiger partial charge in [0.15, 0.2) is 0 Å². The summed E-state index contributed by atoms with van der Waals surface area (Å²) in [6, 6.07) is 7.75. The Morgan fingerprint density at radius 1 is 1.35 bits per heavy atom. The van der Waals surface area contributed by atoms with Gasteiger partial charge in [-0.25, -0.2) is 0 Å². The van der Waals surface area contributed by atoms with E-state index in [1.807, 2.05) is 24.3 Å². The normalized spacial score (nSPS) is 20.4. The van der Waals surface area contributed by atoms with E-state index in [9.17, 15) is 4.21 Å². The van der Waals surface area contributed by atoms with E-state index in [0.29, 0.717) is 11.7 Å². The van der Waals surface area contributed by atoms with Gasteiger partial charge >= 0.3 is 0 Å². The van der Waals surface area contributed by atoms with E-state index in [-0.39, 0.29) is 6.04 Å². The molecule has 4 heteroatoms. The summed E-state index contributed by atoms with van der Waals surface area (Å²) in [6.45, 7) is 0. The first kappa shape index (κ1) is 13.2. The van der Waals surface area contributed by atoms with Crippen LogP contribution in [0.1, 0.15) is 25.7 Å². The van der Waals surface area contributed by atoms with Crippen molar-refractivity contribution in [3.05, 3.63) is 28.7 Å². The van der Waals surface area contributed by atoms with Crippen molar-refractivity contribution in [1.29, 1.82) is 0 Å². The van der Waals surface area contributed by atoms with Gasteiger partial charge in [-0.05, 0) is 46.8 Å². The van der Waals surface area contributed by atoms with E-state index in [2.05, 4.69) is 15.9 Å². The molecule has 2 N–H and O–H groups in total. The first-order chi connectivity index (χ1) is 8.18.